The Bertz CT molecular complexity index is 647. The molecule has 0 aliphatic carbocycles. The molecule has 122 valence electrons. The van der Waals surface area contributed by atoms with Crippen LogP contribution in [-0.2, 0) is 4.79 Å². The van der Waals surface area contributed by atoms with Gasteiger partial charge in [-0.3, -0.25) is 9.59 Å². The van der Waals surface area contributed by atoms with Gasteiger partial charge in [-0.25, -0.2) is 4.39 Å². The molecular weight excluding hydrogens is 319 g/mol. The molecule has 0 unspecified atom stereocenters. The molecule has 1 aromatic carbocycles. The molecule has 23 heavy (non-hydrogen) atoms. The molecule has 0 aliphatic heterocycles. The van der Waals surface area contributed by atoms with Gasteiger partial charge >= 0.3 is 0 Å². The Kier molecular flexibility index (Phi) is 6.56. The fourth-order valence-electron chi connectivity index (χ4n) is 1.79. The number of hydrogen-bond acceptors (Lipinski definition) is 4. The summed E-state index contributed by atoms with van der Waals surface area (Å²) in [5, 5.41) is 8.87. The number of hydrogen-bond donors (Lipinski definition) is 2. The minimum absolute atomic E-state index is 0.157. The Balaban J connectivity index is 1.57. The third-order valence-corrected chi connectivity index (χ3v) is 3.62. The van der Waals surface area contributed by atoms with Gasteiger partial charge in [0, 0.05) is 23.9 Å². The number of nitrogens with one attached hydrogen (secondary N) is 2. The van der Waals surface area contributed by atoms with E-state index in [0.717, 1.165) is 0 Å². The summed E-state index contributed by atoms with van der Waals surface area (Å²) in [6.07, 6.45) is 0.176. The number of para-hydroxylation sites is 1. The van der Waals surface area contributed by atoms with Crippen LogP contribution in [0.5, 0.6) is 5.75 Å². The van der Waals surface area contributed by atoms with Gasteiger partial charge in [-0.05, 0) is 23.6 Å². The van der Waals surface area contributed by atoms with Crippen molar-refractivity contribution in [2.45, 2.75) is 6.42 Å². The van der Waals surface area contributed by atoms with Gasteiger partial charge in [-0.2, -0.15) is 11.3 Å². The topological polar surface area (TPSA) is 67.4 Å². The largest absolute Gasteiger partial charge is 0.489 e. The maximum atomic E-state index is 13.3. The average Bonchev–Trinajstić information content (AvgIpc) is 3.07. The first-order valence-corrected chi connectivity index (χ1v) is 8.05. The second-order valence-corrected chi connectivity index (χ2v) is 5.43. The number of carbonyl (C=O) groups is 2. The van der Waals surface area contributed by atoms with Gasteiger partial charge in [0.15, 0.2) is 11.6 Å². The molecule has 0 aliphatic rings. The van der Waals surface area contributed by atoms with Crippen molar-refractivity contribution in [3.05, 3.63) is 52.5 Å². The highest BCUT2D eigenvalue weighted by atomic mass is 32.1. The van der Waals surface area contributed by atoms with E-state index in [1.54, 1.807) is 23.6 Å². The molecule has 0 spiro atoms. The minimum atomic E-state index is -0.435. The molecule has 7 heteroatoms. The van der Waals surface area contributed by atoms with E-state index in [-0.39, 0.29) is 43.7 Å². The Morgan fingerprint density at radius 3 is 2.70 bits per heavy atom. The zero-order chi connectivity index (χ0) is 16.5. The summed E-state index contributed by atoms with van der Waals surface area (Å²) in [6, 6.07) is 7.81. The number of rotatable bonds is 8. The van der Waals surface area contributed by atoms with E-state index in [9.17, 15) is 14.0 Å². The van der Waals surface area contributed by atoms with Gasteiger partial charge in [0.1, 0.15) is 6.61 Å². The summed E-state index contributed by atoms with van der Waals surface area (Å²) in [6.45, 7) is 0.703. The predicted molar refractivity (Wildman–Crippen MR) is 86.2 cm³/mol. The number of benzene rings is 1. The molecule has 1 heterocycles. The first-order chi connectivity index (χ1) is 11.2. The SMILES string of the molecule is O=C(CCNC(=O)c1ccsc1)NCCOc1ccccc1F. The lowest BCUT2D eigenvalue weighted by Crippen LogP contribution is -2.32. The minimum Gasteiger partial charge on any atom is -0.489 e. The van der Waals surface area contributed by atoms with Crippen LogP contribution < -0.4 is 15.4 Å². The number of halogens is 1. The standard InChI is InChI=1S/C16H17FN2O3S/c17-13-3-1-2-4-14(13)22-9-8-18-15(20)5-7-19-16(21)12-6-10-23-11-12/h1-4,6,10-11H,5,7-9H2,(H,18,20)(H,19,21). The van der Waals surface area contributed by atoms with Crippen LogP contribution in [0.3, 0.4) is 0 Å². The summed E-state index contributed by atoms with van der Waals surface area (Å²) < 4.78 is 18.5. The van der Waals surface area contributed by atoms with Gasteiger partial charge in [0.05, 0.1) is 6.54 Å². The normalized spacial score (nSPS) is 10.1. The Labute approximate surface area is 137 Å². The van der Waals surface area contributed by atoms with Crippen LogP contribution in [0.15, 0.2) is 41.1 Å². The molecule has 0 saturated carbocycles. The van der Waals surface area contributed by atoms with Gasteiger partial charge in [0.25, 0.3) is 5.91 Å². The molecule has 2 amide bonds. The molecule has 2 aromatic rings. The Hall–Kier alpha value is -2.41. The lowest BCUT2D eigenvalue weighted by molar-refractivity contribution is -0.121. The van der Waals surface area contributed by atoms with Crippen LogP contribution in [-0.4, -0.2) is 31.5 Å². The van der Waals surface area contributed by atoms with Crippen LogP contribution in [0.2, 0.25) is 0 Å². The third kappa shape index (κ3) is 5.71. The number of ether oxygens (including phenoxy) is 1. The highest BCUT2D eigenvalue weighted by Gasteiger charge is 2.07. The second-order valence-electron chi connectivity index (χ2n) is 4.65. The fourth-order valence-corrected chi connectivity index (χ4v) is 2.42. The zero-order valence-corrected chi connectivity index (χ0v) is 13.2. The monoisotopic (exact) mass is 336 g/mol. The quantitative estimate of drug-likeness (QED) is 0.726. The first kappa shape index (κ1) is 17.0. The lowest BCUT2D eigenvalue weighted by atomic mass is 10.3. The third-order valence-electron chi connectivity index (χ3n) is 2.94. The van der Waals surface area contributed by atoms with E-state index < -0.39 is 5.82 Å². The highest BCUT2D eigenvalue weighted by molar-refractivity contribution is 7.08. The van der Waals surface area contributed by atoms with E-state index in [4.69, 9.17) is 4.74 Å². The Morgan fingerprint density at radius 1 is 1.13 bits per heavy atom. The maximum Gasteiger partial charge on any atom is 0.252 e. The summed E-state index contributed by atoms with van der Waals surface area (Å²) >= 11 is 1.44. The van der Waals surface area contributed by atoms with Crippen molar-refractivity contribution in [3.63, 3.8) is 0 Å². The predicted octanol–water partition coefficient (Wildman–Crippen LogP) is 2.20. The van der Waals surface area contributed by atoms with Crippen molar-refractivity contribution < 1.29 is 18.7 Å². The summed E-state index contributed by atoms with van der Waals surface area (Å²) in [4.78, 5) is 23.2. The molecule has 0 saturated heterocycles. The molecule has 2 N–H and O–H groups in total. The summed E-state index contributed by atoms with van der Waals surface area (Å²) in [5.41, 5.74) is 0.591. The van der Waals surface area contributed by atoms with Crippen LogP contribution in [0, 0.1) is 5.82 Å². The van der Waals surface area contributed by atoms with E-state index in [0.29, 0.717) is 5.56 Å². The molecule has 2 rings (SSSR count). The smallest absolute Gasteiger partial charge is 0.252 e. The number of carbonyl (C=O) groups excluding carboxylic acids is 2. The summed E-state index contributed by atoms with van der Waals surface area (Å²) in [5.74, 6) is -0.672. The van der Waals surface area contributed by atoms with Crippen LogP contribution >= 0.6 is 11.3 Å². The van der Waals surface area contributed by atoms with Crippen molar-refractivity contribution in [3.8, 4) is 5.75 Å². The highest BCUT2D eigenvalue weighted by Crippen LogP contribution is 2.14. The van der Waals surface area contributed by atoms with Crippen molar-refractivity contribution in [2.24, 2.45) is 0 Å². The summed E-state index contributed by atoms with van der Waals surface area (Å²) in [7, 11) is 0. The lowest BCUT2D eigenvalue weighted by Gasteiger charge is -2.08. The van der Waals surface area contributed by atoms with E-state index >= 15 is 0 Å². The van der Waals surface area contributed by atoms with Gasteiger partial charge in [-0.15, -0.1) is 0 Å². The van der Waals surface area contributed by atoms with Gasteiger partial charge in [0.2, 0.25) is 5.91 Å². The number of thiophene rings is 1. The van der Waals surface area contributed by atoms with Crippen molar-refractivity contribution in [1.29, 1.82) is 0 Å². The van der Waals surface area contributed by atoms with Crippen LogP contribution in [0.1, 0.15) is 16.8 Å². The molecule has 0 fully saturated rings. The average molecular weight is 336 g/mol. The van der Waals surface area contributed by atoms with Crippen LogP contribution in [0.25, 0.3) is 0 Å². The van der Waals surface area contributed by atoms with Crippen LogP contribution in [0.4, 0.5) is 4.39 Å². The van der Waals surface area contributed by atoms with Gasteiger partial charge in [-0.1, -0.05) is 12.1 Å². The number of amides is 2. The molecular formula is C16H17FN2O3S. The van der Waals surface area contributed by atoms with Crippen molar-refractivity contribution >= 4 is 23.2 Å². The molecule has 5 nitrogen and oxygen atoms in total. The molecule has 0 radical (unpaired) electrons. The fraction of sp³-hybridized carbons (Fsp3) is 0.250. The zero-order valence-electron chi connectivity index (χ0n) is 12.4. The van der Waals surface area contributed by atoms with Crippen molar-refractivity contribution in [2.75, 3.05) is 19.7 Å². The van der Waals surface area contributed by atoms with E-state index in [2.05, 4.69) is 10.6 Å². The molecule has 1 aromatic heterocycles. The van der Waals surface area contributed by atoms with Crippen molar-refractivity contribution in [1.82, 2.24) is 10.6 Å². The second kappa shape index (κ2) is 8.89. The molecule has 0 atom stereocenters. The van der Waals surface area contributed by atoms with E-state index in [1.807, 2.05) is 5.38 Å². The van der Waals surface area contributed by atoms with E-state index in [1.165, 1.54) is 23.5 Å². The Morgan fingerprint density at radius 2 is 1.96 bits per heavy atom. The molecule has 0 bridgehead atoms. The maximum absolute atomic E-state index is 13.3. The van der Waals surface area contributed by atoms with Gasteiger partial charge < -0.3 is 15.4 Å². The first-order valence-electron chi connectivity index (χ1n) is 7.11.